The van der Waals surface area contributed by atoms with Gasteiger partial charge in [0.25, 0.3) is 0 Å². The molecule has 0 radical (unpaired) electrons. The summed E-state index contributed by atoms with van der Waals surface area (Å²) in [5.41, 5.74) is 0.545. The molecule has 2 saturated carbocycles. The first-order valence-electron chi connectivity index (χ1n) is 10.8. The number of alkyl halides is 3. The number of halogens is 5. The Bertz CT molecular complexity index is 1020. The predicted molar refractivity (Wildman–Crippen MR) is 113 cm³/mol. The number of esters is 1. The topological polar surface area (TPSA) is 73.6 Å². The average Bonchev–Trinajstić information content (AvgIpc) is 3.15. The molecule has 1 aromatic carbocycles. The molecule has 3 atom stereocenters. The number of hydrogen-bond donors (Lipinski definition) is 1. The highest BCUT2D eigenvalue weighted by Crippen LogP contribution is 2.49. The highest BCUT2D eigenvalue weighted by Gasteiger charge is 2.47. The maximum absolute atomic E-state index is 13.2. The van der Waals surface area contributed by atoms with Crippen molar-refractivity contribution in [3.05, 3.63) is 39.6 Å². The molecule has 3 fully saturated rings. The van der Waals surface area contributed by atoms with Gasteiger partial charge in [-0.1, -0.05) is 34.4 Å². The molecule has 178 valence electrons. The molecule has 2 aromatic rings. The van der Waals surface area contributed by atoms with Gasteiger partial charge in [-0.05, 0) is 62.7 Å². The standard InChI is InChI=1S/C22H21Cl2F3N2O4/c23-14-2-1-3-15(24)16(14)18-17(19(33-29-18)10-4-5-10)20(32-21(30)22(25,26)27)31-13-6-11-8-28-9-12(11)7-13/h1-3,10-13,20,28H,4-9H2. The van der Waals surface area contributed by atoms with Gasteiger partial charge in [-0.15, -0.1) is 0 Å². The Hall–Kier alpha value is -1.81. The first-order chi connectivity index (χ1) is 15.7. The smallest absolute Gasteiger partial charge is 0.424 e. The lowest BCUT2D eigenvalue weighted by molar-refractivity contribution is -0.234. The van der Waals surface area contributed by atoms with E-state index in [1.54, 1.807) is 18.2 Å². The molecule has 33 heavy (non-hydrogen) atoms. The monoisotopic (exact) mass is 504 g/mol. The Morgan fingerprint density at radius 1 is 1.15 bits per heavy atom. The van der Waals surface area contributed by atoms with Crippen molar-refractivity contribution < 1.29 is 32.0 Å². The van der Waals surface area contributed by atoms with Gasteiger partial charge in [-0.25, -0.2) is 4.79 Å². The van der Waals surface area contributed by atoms with Crippen LogP contribution in [0.5, 0.6) is 0 Å². The molecule has 0 amide bonds. The van der Waals surface area contributed by atoms with Gasteiger partial charge in [-0.2, -0.15) is 13.2 Å². The summed E-state index contributed by atoms with van der Waals surface area (Å²) in [5.74, 6) is -1.31. The van der Waals surface area contributed by atoms with Gasteiger partial charge in [0.15, 0.2) is 0 Å². The molecule has 3 unspecified atom stereocenters. The summed E-state index contributed by atoms with van der Waals surface area (Å²) in [7, 11) is 0. The van der Waals surface area contributed by atoms with Crippen LogP contribution in [-0.2, 0) is 14.3 Å². The van der Waals surface area contributed by atoms with Crippen LogP contribution in [0.25, 0.3) is 11.3 Å². The van der Waals surface area contributed by atoms with Crippen LogP contribution in [0.1, 0.15) is 49.2 Å². The summed E-state index contributed by atoms with van der Waals surface area (Å²) in [6.07, 6.45) is -4.34. The van der Waals surface area contributed by atoms with Crippen LogP contribution in [0.4, 0.5) is 13.2 Å². The van der Waals surface area contributed by atoms with Gasteiger partial charge in [0.2, 0.25) is 6.29 Å². The third kappa shape index (κ3) is 4.60. The van der Waals surface area contributed by atoms with E-state index in [0.29, 0.717) is 30.4 Å². The Balaban J connectivity index is 1.55. The van der Waals surface area contributed by atoms with Crippen LogP contribution >= 0.6 is 23.2 Å². The van der Waals surface area contributed by atoms with Gasteiger partial charge in [0.1, 0.15) is 11.5 Å². The Morgan fingerprint density at radius 2 is 1.79 bits per heavy atom. The van der Waals surface area contributed by atoms with E-state index in [1.807, 2.05) is 0 Å². The van der Waals surface area contributed by atoms with Gasteiger partial charge in [0.05, 0.1) is 21.7 Å². The van der Waals surface area contributed by atoms with Crippen molar-refractivity contribution in [2.24, 2.45) is 11.8 Å². The van der Waals surface area contributed by atoms with Crippen molar-refractivity contribution in [1.29, 1.82) is 0 Å². The zero-order valence-corrected chi connectivity index (χ0v) is 18.8. The lowest BCUT2D eigenvalue weighted by Crippen LogP contribution is -2.30. The minimum Gasteiger partial charge on any atom is -0.424 e. The number of rotatable bonds is 6. The van der Waals surface area contributed by atoms with E-state index in [1.165, 1.54) is 0 Å². The fourth-order valence-corrected chi connectivity index (χ4v) is 5.37. The van der Waals surface area contributed by atoms with Gasteiger partial charge >= 0.3 is 12.1 Å². The van der Waals surface area contributed by atoms with Crippen LogP contribution in [0.2, 0.25) is 10.0 Å². The summed E-state index contributed by atoms with van der Waals surface area (Å²) in [6, 6.07) is 4.81. The second-order valence-corrected chi connectivity index (χ2v) is 9.64. The fraction of sp³-hybridized carbons (Fsp3) is 0.545. The van der Waals surface area contributed by atoms with Gasteiger partial charge < -0.3 is 19.3 Å². The molecular weight excluding hydrogens is 484 g/mol. The fourth-order valence-electron chi connectivity index (χ4n) is 4.80. The molecule has 3 aliphatic rings. The maximum atomic E-state index is 13.2. The molecular formula is C22H21Cl2F3N2O4. The summed E-state index contributed by atoms with van der Waals surface area (Å²) in [6.45, 7) is 1.66. The van der Waals surface area contributed by atoms with Crippen molar-refractivity contribution in [1.82, 2.24) is 10.5 Å². The zero-order chi connectivity index (χ0) is 23.3. The second kappa shape index (κ2) is 8.76. The van der Waals surface area contributed by atoms with E-state index in [2.05, 4.69) is 10.5 Å². The highest BCUT2D eigenvalue weighted by molar-refractivity contribution is 6.39. The lowest BCUT2D eigenvalue weighted by Gasteiger charge is -2.24. The van der Waals surface area contributed by atoms with E-state index in [4.69, 9.17) is 37.2 Å². The van der Waals surface area contributed by atoms with Crippen LogP contribution in [0.3, 0.4) is 0 Å². The number of nitrogens with one attached hydrogen (secondary N) is 1. The number of aromatic nitrogens is 1. The number of nitrogens with zero attached hydrogens (tertiary/aromatic N) is 1. The molecule has 1 aromatic heterocycles. The Kier molecular flexibility index (Phi) is 6.09. The third-order valence-corrected chi connectivity index (χ3v) is 7.14. The first-order valence-corrected chi connectivity index (χ1v) is 11.6. The predicted octanol–water partition coefficient (Wildman–Crippen LogP) is 5.64. The van der Waals surface area contributed by atoms with E-state index in [9.17, 15) is 18.0 Å². The number of fused-ring (bicyclic) bond motifs is 1. The zero-order valence-electron chi connectivity index (χ0n) is 17.3. The lowest BCUT2D eigenvalue weighted by atomic mass is 10.0. The van der Waals surface area contributed by atoms with E-state index >= 15 is 0 Å². The van der Waals surface area contributed by atoms with Crippen molar-refractivity contribution in [3.8, 4) is 11.3 Å². The van der Waals surface area contributed by atoms with Crippen LogP contribution < -0.4 is 5.32 Å². The molecule has 1 saturated heterocycles. The Morgan fingerprint density at radius 3 is 2.36 bits per heavy atom. The number of benzene rings is 1. The SMILES string of the molecule is O=C(OC(OC1CC2CNCC2C1)c1c(-c2c(Cl)cccc2Cl)noc1C1CC1)C(F)(F)F. The third-order valence-electron chi connectivity index (χ3n) is 6.51. The number of hydrogen-bond acceptors (Lipinski definition) is 6. The molecule has 0 spiro atoms. The summed E-state index contributed by atoms with van der Waals surface area (Å²) < 4.78 is 56.0. The van der Waals surface area contributed by atoms with Crippen LogP contribution in [0, 0.1) is 11.8 Å². The van der Waals surface area contributed by atoms with Crippen LogP contribution in [0.15, 0.2) is 22.7 Å². The van der Waals surface area contributed by atoms with Gasteiger partial charge in [-0.3, -0.25) is 0 Å². The summed E-state index contributed by atoms with van der Waals surface area (Å²) >= 11 is 12.7. The largest absolute Gasteiger partial charge is 0.491 e. The molecule has 1 N–H and O–H groups in total. The number of carbonyl (C=O) groups is 1. The van der Waals surface area contributed by atoms with E-state index < -0.39 is 18.4 Å². The molecule has 1 aliphatic heterocycles. The van der Waals surface area contributed by atoms with Gasteiger partial charge in [0, 0.05) is 11.5 Å². The normalized spacial score (nSPS) is 25.8. The van der Waals surface area contributed by atoms with Crippen molar-refractivity contribution >= 4 is 29.2 Å². The van der Waals surface area contributed by atoms with E-state index in [-0.39, 0.29) is 38.9 Å². The van der Waals surface area contributed by atoms with Crippen molar-refractivity contribution in [3.63, 3.8) is 0 Å². The van der Waals surface area contributed by atoms with Crippen molar-refractivity contribution in [2.45, 2.75) is 50.2 Å². The maximum Gasteiger partial charge on any atom is 0.491 e. The molecule has 5 rings (SSSR count). The van der Waals surface area contributed by atoms with Crippen LogP contribution in [-0.4, -0.2) is 36.5 Å². The molecule has 2 aliphatic carbocycles. The number of ether oxygens (including phenoxy) is 2. The summed E-state index contributed by atoms with van der Waals surface area (Å²) in [4.78, 5) is 11.9. The Labute approximate surface area is 197 Å². The second-order valence-electron chi connectivity index (χ2n) is 8.82. The van der Waals surface area contributed by atoms with Crippen molar-refractivity contribution in [2.75, 3.05) is 13.1 Å². The minimum absolute atomic E-state index is 0.0506. The molecule has 6 nitrogen and oxygen atoms in total. The molecule has 11 heteroatoms. The minimum atomic E-state index is -5.18. The average molecular weight is 505 g/mol. The quantitative estimate of drug-likeness (QED) is 0.405. The highest BCUT2D eigenvalue weighted by atomic mass is 35.5. The van der Waals surface area contributed by atoms with E-state index in [0.717, 1.165) is 25.9 Å². The molecule has 2 heterocycles. The summed E-state index contributed by atoms with van der Waals surface area (Å²) in [5, 5.41) is 7.87. The number of carbonyl (C=O) groups excluding carboxylic acids is 1. The first kappa shape index (κ1) is 23.0. The molecule has 0 bridgehead atoms.